The summed E-state index contributed by atoms with van der Waals surface area (Å²) in [5.41, 5.74) is 15.0. The Bertz CT molecular complexity index is 3870. The Morgan fingerprint density at radius 1 is 0.190 bits per heavy atom. The molecule has 14 aromatic rings. The monoisotopic (exact) mass is 803 g/mol. The van der Waals surface area contributed by atoms with Gasteiger partial charge in [-0.25, -0.2) is 0 Å². The summed E-state index contributed by atoms with van der Waals surface area (Å²) in [6.07, 6.45) is 0. The third-order valence-electron chi connectivity index (χ3n) is 13.2. The second-order valence-corrected chi connectivity index (χ2v) is 16.6. The molecule has 0 aliphatic heterocycles. The third-order valence-corrected chi connectivity index (χ3v) is 13.2. The molecule has 14 rings (SSSR count). The molecular weight excluding hydrogens is 767 g/mol. The molecular formula is C58H37N5. The summed E-state index contributed by atoms with van der Waals surface area (Å²) in [7, 11) is 0. The van der Waals surface area contributed by atoms with Crippen molar-refractivity contribution >= 4 is 87.5 Å². The van der Waals surface area contributed by atoms with Crippen molar-refractivity contribution in [2.45, 2.75) is 0 Å². The van der Waals surface area contributed by atoms with E-state index >= 15 is 0 Å². The zero-order valence-electron chi connectivity index (χ0n) is 34.1. The van der Waals surface area contributed by atoms with Crippen LogP contribution >= 0.6 is 0 Å². The van der Waals surface area contributed by atoms with E-state index in [1.165, 1.54) is 65.2 Å². The molecule has 0 aliphatic carbocycles. The molecule has 0 fully saturated rings. The van der Waals surface area contributed by atoms with E-state index in [-0.39, 0.29) is 0 Å². The van der Waals surface area contributed by atoms with E-state index in [1.54, 1.807) is 0 Å². The van der Waals surface area contributed by atoms with Crippen LogP contribution in [0.15, 0.2) is 224 Å². The highest BCUT2D eigenvalue weighted by Gasteiger charge is 2.25. The fourth-order valence-electron chi connectivity index (χ4n) is 10.7. The first-order chi connectivity index (χ1) is 31.3. The van der Waals surface area contributed by atoms with Gasteiger partial charge in [-0.2, -0.15) is 0 Å². The number of rotatable bonds is 5. The van der Waals surface area contributed by atoms with E-state index in [4.69, 9.17) is 0 Å². The van der Waals surface area contributed by atoms with Gasteiger partial charge in [0.25, 0.3) is 0 Å². The average Bonchev–Trinajstić information content (AvgIpc) is 4.13. The van der Waals surface area contributed by atoms with E-state index in [0.717, 1.165) is 50.8 Å². The summed E-state index contributed by atoms with van der Waals surface area (Å²) < 4.78 is 12.3. The van der Waals surface area contributed by atoms with Crippen LogP contribution in [0.4, 0.5) is 0 Å². The fraction of sp³-hybridized carbons (Fsp3) is 0. The van der Waals surface area contributed by atoms with E-state index in [2.05, 4.69) is 247 Å². The van der Waals surface area contributed by atoms with E-state index in [0.29, 0.717) is 0 Å². The lowest BCUT2D eigenvalue weighted by Crippen LogP contribution is -2.01. The second kappa shape index (κ2) is 13.0. The van der Waals surface area contributed by atoms with Crippen molar-refractivity contribution in [1.29, 1.82) is 0 Å². The van der Waals surface area contributed by atoms with Crippen molar-refractivity contribution in [3.8, 4) is 28.4 Å². The number of benzene rings is 9. The highest BCUT2D eigenvalue weighted by Crippen LogP contribution is 2.44. The highest BCUT2D eigenvalue weighted by atomic mass is 15.2. The summed E-state index contributed by atoms with van der Waals surface area (Å²) in [4.78, 5) is 0. The molecule has 0 spiro atoms. The van der Waals surface area contributed by atoms with Crippen molar-refractivity contribution in [2.24, 2.45) is 0 Å². The maximum absolute atomic E-state index is 2.48. The molecule has 5 heterocycles. The predicted octanol–water partition coefficient (Wildman–Crippen LogP) is 14.9. The normalized spacial score (nSPS) is 12.1. The smallest absolute Gasteiger partial charge is 0.131 e. The quantitative estimate of drug-likeness (QED) is 0.166. The minimum atomic E-state index is 1.12. The zero-order chi connectivity index (χ0) is 41.2. The van der Waals surface area contributed by atoms with Gasteiger partial charge in [-0.05, 0) is 97.1 Å². The predicted molar refractivity (Wildman–Crippen MR) is 263 cm³/mol. The lowest BCUT2D eigenvalue weighted by molar-refractivity contribution is 1.07. The van der Waals surface area contributed by atoms with Crippen LogP contribution < -0.4 is 0 Å². The van der Waals surface area contributed by atoms with Gasteiger partial charge in [-0.3, -0.25) is 18.3 Å². The topological polar surface area (TPSA) is 24.6 Å². The van der Waals surface area contributed by atoms with Crippen molar-refractivity contribution in [3.05, 3.63) is 224 Å². The molecule has 0 radical (unpaired) electrons. The zero-order valence-corrected chi connectivity index (χ0v) is 34.1. The van der Waals surface area contributed by atoms with Crippen molar-refractivity contribution < 1.29 is 0 Å². The maximum Gasteiger partial charge on any atom is 0.131 e. The van der Waals surface area contributed by atoms with Gasteiger partial charge in [0.05, 0.1) is 33.1 Å². The Labute approximate surface area is 361 Å². The lowest BCUT2D eigenvalue weighted by Gasteiger charge is -2.13. The first-order valence-corrected chi connectivity index (χ1v) is 21.6. The first-order valence-electron chi connectivity index (χ1n) is 21.6. The number of hydrogen-bond donors (Lipinski definition) is 0. The number of hydrogen-bond acceptors (Lipinski definition) is 0. The average molecular weight is 804 g/mol. The van der Waals surface area contributed by atoms with Crippen LogP contribution in [-0.4, -0.2) is 22.8 Å². The molecule has 0 saturated carbocycles. The number of fused-ring (bicyclic) bond motifs is 13. The van der Waals surface area contributed by atoms with E-state index < -0.39 is 0 Å². The Morgan fingerprint density at radius 3 is 0.810 bits per heavy atom. The minimum absolute atomic E-state index is 1.12. The lowest BCUT2D eigenvalue weighted by atomic mass is 10.1. The van der Waals surface area contributed by atoms with Gasteiger partial charge in [0.1, 0.15) is 11.3 Å². The van der Waals surface area contributed by atoms with Crippen LogP contribution in [0.1, 0.15) is 0 Å². The van der Waals surface area contributed by atoms with Crippen LogP contribution in [0, 0.1) is 0 Å². The van der Waals surface area contributed by atoms with Crippen LogP contribution in [0.3, 0.4) is 0 Å². The molecule has 63 heavy (non-hydrogen) atoms. The highest BCUT2D eigenvalue weighted by molar-refractivity contribution is 6.24. The molecule has 5 heteroatoms. The molecule has 0 bridgehead atoms. The van der Waals surface area contributed by atoms with Crippen molar-refractivity contribution in [1.82, 2.24) is 22.8 Å². The van der Waals surface area contributed by atoms with Gasteiger partial charge in [-0.1, -0.05) is 127 Å². The summed E-state index contributed by atoms with van der Waals surface area (Å²) in [5.74, 6) is 0. The van der Waals surface area contributed by atoms with Gasteiger partial charge >= 0.3 is 0 Å². The largest absolute Gasteiger partial charge is 0.309 e. The van der Waals surface area contributed by atoms with Gasteiger partial charge in [0.2, 0.25) is 0 Å². The Morgan fingerprint density at radius 2 is 0.460 bits per heavy atom. The number of nitrogens with zero attached hydrogens (tertiary/aromatic N) is 5. The van der Waals surface area contributed by atoms with Crippen molar-refractivity contribution in [3.63, 3.8) is 0 Å². The standard InChI is InChI=1S/C58H37N5/c1-4-18-38(19-5-1)59-53-34-32-41(62-51-30-16-12-26-45(51)55-43-24-10-14-28-49(43)60(57(55)62)39-20-6-2-7-21-39)36-47(53)48-37-42(33-35-54(48)59)63-52-31-17-13-27-46(52)56-44-25-11-15-29-50(44)61(58(56)63)40-22-8-3-9-23-40/h1-37H. The van der Waals surface area contributed by atoms with E-state index in [1.807, 2.05) is 0 Å². The van der Waals surface area contributed by atoms with Crippen LogP contribution in [0.5, 0.6) is 0 Å². The van der Waals surface area contributed by atoms with Crippen LogP contribution in [-0.2, 0) is 0 Å². The fourth-order valence-corrected chi connectivity index (χ4v) is 10.7. The second-order valence-electron chi connectivity index (χ2n) is 16.6. The molecule has 294 valence electrons. The van der Waals surface area contributed by atoms with Gasteiger partial charge in [-0.15, -0.1) is 0 Å². The molecule has 0 aliphatic rings. The Kier molecular flexibility index (Phi) is 7.05. The summed E-state index contributed by atoms with van der Waals surface area (Å²) in [6.45, 7) is 0. The summed E-state index contributed by atoms with van der Waals surface area (Å²) >= 11 is 0. The number of aromatic nitrogens is 5. The third kappa shape index (κ3) is 4.71. The number of para-hydroxylation sites is 7. The molecule has 0 amide bonds. The molecule has 0 atom stereocenters. The molecule has 0 unspecified atom stereocenters. The molecule has 0 N–H and O–H groups in total. The summed E-state index contributed by atoms with van der Waals surface area (Å²) in [6, 6.07) is 81.8. The van der Waals surface area contributed by atoms with Gasteiger partial charge < -0.3 is 4.57 Å². The van der Waals surface area contributed by atoms with E-state index in [9.17, 15) is 0 Å². The van der Waals surface area contributed by atoms with Crippen molar-refractivity contribution in [2.75, 3.05) is 0 Å². The molecule has 5 nitrogen and oxygen atoms in total. The summed E-state index contributed by atoms with van der Waals surface area (Å²) in [5, 5.41) is 9.88. The minimum Gasteiger partial charge on any atom is -0.309 e. The molecule has 9 aromatic carbocycles. The van der Waals surface area contributed by atoms with Gasteiger partial charge in [0.15, 0.2) is 0 Å². The Balaban J connectivity index is 1.10. The molecule has 5 aromatic heterocycles. The van der Waals surface area contributed by atoms with Crippen LogP contribution in [0.25, 0.3) is 116 Å². The van der Waals surface area contributed by atoms with Gasteiger partial charge in [0, 0.05) is 71.5 Å². The Hall–Kier alpha value is -8.54. The first kappa shape index (κ1) is 34.2. The molecule has 0 saturated heterocycles. The van der Waals surface area contributed by atoms with Crippen LogP contribution in [0.2, 0.25) is 0 Å². The maximum atomic E-state index is 2.48. The SMILES string of the molecule is c1ccc(-n2c3ccc(-n4c5ccccc5c5c6ccccc6n(-c6ccccc6)c54)cc3c3cc(-n4c5ccccc5c5c6ccccc6n(-c6ccccc6)c54)ccc32)cc1.